The van der Waals surface area contributed by atoms with Gasteiger partial charge in [-0.3, -0.25) is 4.79 Å². The SMILES string of the molecule is CC(C)(C)CCCCCCc1ccc(CCCCCC(C)(C)OC=O)c(O)c1. The second-order valence-corrected chi connectivity index (χ2v) is 9.97. The molecule has 0 aliphatic heterocycles. The van der Waals surface area contributed by atoms with Gasteiger partial charge in [-0.05, 0) is 81.4 Å². The molecule has 1 N–H and O–H groups in total. The van der Waals surface area contributed by atoms with Crippen molar-refractivity contribution < 1.29 is 14.6 Å². The van der Waals surface area contributed by atoms with E-state index in [9.17, 15) is 9.90 Å². The van der Waals surface area contributed by atoms with Crippen LogP contribution in [0.25, 0.3) is 0 Å². The van der Waals surface area contributed by atoms with Crippen LogP contribution in [0.15, 0.2) is 18.2 Å². The number of phenolic OH excluding ortho intramolecular Hbond substituents is 1. The molecule has 0 aliphatic rings. The van der Waals surface area contributed by atoms with Gasteiger partial charge in [0, 0.05) is 0 Å². The summed E-state index contributed by atoms with van der Waals surface area (Å²) in [6.45, 7) is 11.3. The standard InChI is InChI=1S/C25H42O3/c1-24(2,3)17-11-7-6-9-13-21-15-16-22(23(27)19-21)14-10-8-12-18-25(4,5)28-20-26/h15-16,19-20,27H,6-14,17-18H2,1-5H3. The molecule has 160 valence electrons. The minimum Gasteiger partial charge on any atom is -0.508 e. The van der Waals surface area contributed by atoms with Gasteiger partial charge in [-0.25, -0.2) is 0 Å². The molecule has 0 bridgehead atoms. The van der Waals surface area contributed by atoms with Gasteiger partial charge in [0.1, 0.15) is 11.4 Å². The average molecular weight is 391 g/mol. The maximum Gasteiger partial charge on any atom is 0.293 e. The molecule has 0 spiro atoms. The van der Waals surface area contributed by atoms with E-state index in [2.05, 4.69) is 32.9 Å². The van der Waals surface area contributed by atoms with E-state index in [1.165, 1.54) is 37.7 Å². The summed E-state index contributed by atoms with van der Waals surface area (Å²) in [4.78, 5) is 10.5. The van der Waals surface area contributed by atoms with Gasteiger partial charge in [-0.1, -0.05) is 58.6 Å². The molecule has 0 heterocycles. The Morgan fingerprint density at radius 2 is 1.46 bits per heavy atom. The lowest BCUT2D eigenvalue weighted by molar-refractivity contribution is -0.140. The Hall–Kier alpha value is -1.51. The lowest BCUT2D eigenvalue weighted by Crippen LogP contribution is -2.23. The van der Waals surface area contributed by atoms with Crippen molar-refractivity contribution in [3.63, 3.8) is 0 Å². The molecule has 0 aliphatic carbocycles. The molecule has 0 saturated carbocycles. The minimum absolute atomic E-state index is 0.377. The second kappa shape index (κ2) is 12.1. The maximum absolute atomic E-state index is 10.5. The van der Waals surface area contributed by atoms with Crippen LogP contribution >= 0.6 is 0 Å². The third-order valence-electron chi connectivity index (χ3n) is 5.38. The molecule has 28 heavy (non-hydrogen) atoms. The molecule has 1 rings (SSSR count). The van der Waals surface area contributed by atoms with E-state index in [4.69, 9.17) is 4.74 Å². The van der Waals surface area contributed by atoms with Crippen LogP contribution in [0.1, 0.15) is 104 Å². The fourth-order valence-corrected chi connectivity index (χ4v) is 3.55. The smallest absolute Gasteiger partial charge is 0.293 e. The predicted octanol–water partition coefficient (Wildman–Crippen LogP) is 6.99. The largest absolute Gasteiger partial charge is 0.508 e. The summed E-state index contributed by atoms with van der Waals surface area (Å²) in [6.07, 6.45) is 12.3. The molecule has 0 aromatic heterocycles. The van der Waals surface area contributed by atoms with Crippen LogP contribution in [0.2, 0.25) is 0 Å². The molecule has 0 atom stereocenters. The summed E-state index contributed by atoms with van der Waals surface area (Å²) in [6, 6.07) is 6.21. The Morgan fingerprint density at radius 3 is 2.11 bits per heavy atom. The van der Waals surface area contributed by atoms with Gasteiger partial charge in [-0.15, -0.1) is 0 Å². The molecule has 0 amide bonds. The fourth-order valence-electron chi connectivity index (χ4n) is 3.55. The molecule has 0 unspecified atom stereocenters. The summed E-state index contributed by atoms with van der Waals surface area (Å²) in [5.41, 5.74) is 2.35. The lowest BCUT2D eigenvalue weighted by Gasteiger charge is -2.22. The zero-order valence-electron chi connectivity index (χ0n) is 18.9. The van der Waals surface area contributed by atoms with E-state index >= 15 is 0 Å². The van der Waals surface area contributed by atoms with Crippen molar-refractivity contribution >= 4 is 6.47 Å². The Labute approximate surface area is 172 Å². The first-order valence-corrected chi connectivity index (χ1v) is 11.1. The van der Waals surface area contributed by atoms with Gasteiger partial charge in [-0.2, -0.15) is 0 Å². The topological polar surface area (TPSA) is 46.5 Å². The third-order valence-corrected chi connectivity index (χ3v) is 5.38. The van der Waals surface area contributed by atoms with Gasteiger partial charge < -0.3 is 9.84 Å². The van der Waals surface area contributed by atoms with Gasteiger partial charge in [0.15, 0.2) is 0 Å². The summed E-state index contributed by atoms with van der Waals surface area (Å²) in [5.74, 6) is 0.440. The quantitative estimate of drug-likeness (QED) is 0.275. The number of unbranched alkanes of at least 4 members (excludes halogenated alkanes) is 5. The van der Waals surface area contributed by atoms with Crippen molar-refractivity contribution in [2.45, 2.75) is 111 Å². The van der Waals surface area contributed by atoms with Crippen molar-refractivity contribution in [2.24, 2.45) is 5.41 Å². The highest BCUT2D eigenvalue weighted by Gasteiger charge is 2.17. The zero-order chi connectivity index (χ0) is 21.0. The molecule has 3 nitrogen and oxygen atoms in total. The average Bonchev–Trinajstić information content (AvgIpc) is 2.58. The normalized spacial score (nSPS) is 12.2. The lowest BCUT2D eigenvalue weighted by atomic mass is 9.89. The number of phenols is 1. The highest BCUT2D eigenvalue weighted by atomic mass is 16.5. The Kier molecular flexibility index (Phi) is 10.6. The van der Waals surface area contributed by atoms with Crippen LogP contribution in [-0.4, -0.2) is 17.2 Å². The van der Waals surface area contributed by atoms with Crippen LogP contribution in [0.3, 0.4) is 0 Å². The summed E-state index contributed by atoms with van der Waals surface area (Å²) in [5, 5.41) is 10.3. The van der Waals surface area contributed by atoms with Gasteiger partial charge in [0.2, 0.25) is 0 Å². The molecule has 0 saturated heterocycles. The molecule has 0 fully saturated rings. The number of rotatable bonds is 14. The van der Waals surface area contributed by atoms with Crippen molar-refractivity contribution in [3.8, 4) is 5.75 Å². The van der Waals surface area contributed by atoms with Crippen LogP contribution in [0, 0.1) is 5.41 Å². The van der Waals surface area contributed by atoms with Crippen molar-refractivity contribution in [1.29, 1.82) is 0 Å². The van der Waals surface area contributed by atoms with E-state index in [1.54, 1.807) is 0 Å². The van der Waals surface area contributed by atoms with E-state index in [0.29, 0.717) is 17.6 Å². The maximum atomic E-state index is 10.5. The molecule has 1 aromatic rings. The molecular weight excluding hydrogens is 348 g/mol. The highest BCUT2D eigenvalue weighted by Crippen LogP contribution is 2.25. The first-order valence-electron chi connectivity index (χ1n) is 11.1. The monoisotopic (exact) mass is 390 g/mol. The second-order valence-electron chi connectivity index (χ2n) is 9.97. The number of carbonyl (C=O) groups excluding carboxylic acids is 1. The number of benzene rings is 1. The third kappa shape index (κ3) is 11.4. The van der Waals surface area contributed by atoms with Crippen molar-refractivity contribution in [2.75, 3.05) is 0 Å². The van der Waals surface area contributed by atoms with E-state index in [0.717, 1.165) is 44.1 Å². The van der Waals surface area contributed by atoms with Crippen LogP contribution in [0.5, 0.6) is 5.75 Å². The molecule has 1 aromatic carbocycles. The Bertz CT molecular complexity index is 570. The van der Waals surface area contributed by atoms with Crippen LogP contribution in [-0.2, 0) is 22.4 Å². The molecule has 3 heteroatoms. The van der Waals surface area contributed by atoms with Gasteiger partial charge in [0.25, 0.3) is 6.47 Å². The number of aromatic hydroxyl groups is 1. The highest BCUT2D eigenvalue weighted by molar-refractivity contribution is 5.38. The number of hydrogen-bond acceptors (Lipinski definition) is 3. The number of hydrogen-bond donors (Lipinski definition) is 1. The van der Waals surface area contributed by atoms with E-state index in [1.807, 2.05) is 19.9 Å². The minimum atomic E-state index is -0.377. The number of carbonyl (C=O) groups is 1. The molecular formula is C25H42O3. The fraction of sp³-hybridized carbons (Fsp3) is 0.720. The first kappa shape index (κ1) is 24.5. The van der Waals surface area contributed by atoms with Crippen LogP contribution < -0.4 is 0 Å². The van der Waals surface area contributed by atoms with Crippen molar-refractivity contribution in [1.82, 2.24) is 0 Å². The summed E-state index contributed by atoms with van der Waals surface area (Å²) >= 11 is 0. The van der Waals surface area contributed by atoms with Gasteiger partial charge >= 0.3 is 0 Å². The van der Waals surface area contributed by atoms with Crippen LogP contribution in [0.4, 0.5) is 0 Å². The number of aryl methyl sites for hydroxylation is 2. The summed E-state index contributed by atoms with van der Waals surface area (Å²) in [7, 11) is 0. The Balaban J connectivity index is 2.24. The molecule has 0 radical (unpaired) electrons. The number of ether oxygens (including phenoxy) is 1. The zero-order valence-corrected chi connectivity index (χ0v) is 18.9. The van der Waals surface area contributed by atoms with Gasteiger partial charge in [0.05, 0.1) is 0 Å². The van der Waals surface area contributed by atoms with E-state index in [-0.39, 0.29) is 5.60 Å². The van der Waals surface area contributed by atoms with E-state index < -0.39 is 0 Å². The predicted molar refractivity (Wildman–Crippen MR) is 118 cm³/mol. The van der Waals surface area contributed by atoms with Crippen molar-refractivity contribution in [3.05, 3.63) is 29.3 Å². The Morgan fingerprint density at radius 1 is 0.857 bits per heavy atom. The summed E-state index contributed by atoms with van der Waals surface area (Å²) < 4.78 is 5.07. The first-order chi connectivity index (χ1) is 13.1.